The van der Waals surface area contributed by atoms with Gasteiger partial charge in [-0.1, -0.05) is 13.0 Å². The van der Waals surface area contributed by atoms with E-state index in [4.69, 9.17) is 9.84 Å². The lowest BCUT2D eigenvalue weighted by Crippen LogP contribution is -2.35. The third-order valence-corrected chi connectivity index (χ3v) is 4.50. The van der Waals surface area contributed by atoms with E-state index in [0.717, 1.165) is 23.2 Å². The van der Waals surface area contributed by atoms with Crippen LogP contribution in [0, 0.1) is 0 Å². The minimum absolute atomic E-state index is 0.00197. The SMILES string of the molecule is CC1NC(=O)NC1C(C)c1ccc2[nH]cc(OC(=O)/C=C\C(=O)O)c2c1. The molecule has 4 N–H and O–H groups in total. The van der Waals surface area contributed by atoms with Gasteiger partial charge in [-0.05, 0) is 24.6 Å². The molecule has 1 aromatic heterocycles. The number of rotatable bonds is 5. The summed E-state index contributed by atoms with van der Waals surface area (Å²) in [6.45, 7) is 3.96. The zero-order chi connectivity index (χ0) is 18.8. The fraction of sp³-hybridized carbons (Fsp3) is 0.278. The lowest BCUT2D eigenvalue weighted by atomic mass is 9.89. The van der Waals surface area contributed by atoms with Gasteiger partial charge in [-0.15, -0.1) is 0 Å². The smallest absolute Gasteiger partial charge is 0.336 e. The predicted molar refractivity (Wildman–Crippen MR) is 94.0 cm³/mol. The molecule has 2 heterocycles. The van der Waals surface area contributed by atoms with Gasteiger partial charge in [-0.3, -0.25) is 0 Å². The molecule has 0 bridgehead atoms. The highest BCUT2D eigenvalue weighted by Gasteiger charge is 2.33. The summed E-state index contributed by atoms with van der Waals surface area (Å²) < 4.78 is 5.21. The van der Waals surface area contributed by atoms with Gasteiger partial charge in [0.05, 0.1) is 6.04 Å². The normalized spacial score (nSPS) is 20.8. The average molecular weight is 357 g/mol. The number of aliphatic carboxylic acids is 1. The first-order valence-electron chi connectivity index (χ1n) is 8.16. The van der Waals surface area contributed by atoms with Crippen LogP contribution in [0.5, 0.6) is 5.75 Å². The maximum absolute atomic E-state index is 11.7. The van der Waals surface area contributed by atoms with Gasteiger partial charge >= 0.3 is 18.0 Å². The highest BCUT2D eigenvalue weighted by Crippen LogP contribution is 2.31. The van der Waals surface area contributed by atoms with Gasteiger partial charge in [0.2, 0.25) is 0 Å². The third-order valence-electron chi connectivity index (χ3n) is 4.50. The van der Waals surface area contributed by atoms with E-state index in [1.54, 1.807) is 6.20 Å². The Morgan fingerprint density at radius 1 is 1.27 bits per heavy atom. The van der Waals surface area contributed by atoms with E-state index in [2.05, 4.69) is 15.6 Å². The molecule has 3 rings (SSSR count). The third kappa shape index (κ3) is 3.53. The summed E-state index contributed by atoms with van der Waals surface area (Å²) in [4.78, 5) is 36.7. The Bertz CT molecular complexity index is 901. The zero-order valence-electron chi connectivity index (χ0n) is 14.3. The number of ether oxygens (including phenoxy) is 1. The number of benzene rings is 1. The number of urea groups is 1. The number of aromatic nitrogens is 1. The van der Waals surface area contributed by atoms with Crippen molar-refractivity contribution >= 4 is 28.9 Å². The predicted octanol–water partition coefficient (Wildman–Crippen LogP) is 1.89. The van der Waals surface area contributed by atoms with Crippen molar-refractivity contribution in [2.45, 2.75) is 31.8 Å². The Labute approximate surface area is 149 Å². The molecular formula is C18H19N3O5. The van der Waals surface area contributed by atoms with Crippen molar-refractivity contribution in [1.29, 1.82) is 0 Å². The number of fused-ring (bicyclic) bond motifs is 1. The summed E-state index contributed by atoms with van der Waals surface area (Å²) in [5, 5.41) is 15.0. The number of amides is 2. The van der Waals surface area contributed by atoms with Gasteiger partial charge in [0.15, 0.2) is 5.75 Å². The number of hydrogen-bond acceptors (Lipinski definition) is 4. The van der Waals surface area contributed by atoms with Crippen molar-refractivity contribution in [3.8, 4) is 5.75 Å². The number of carbonyl (C=O) groups excluding carboxylic acids is 2. The first-order valence-corrected chi connectivity index (χ1v) is 8.16. The molecule has 1 aromatic carbocycles. The molecule has 136 valence electrons. The highest BCUT2D eigenvalue weighted by molar-refractivity contribution is 5.94. The molecule has 1 aliphatic rings. The average Bonchev–Trinajstić information content (AvgIpc) is 3.14. The zero-order valence-corrected chi connectivity index (χ0v) is 14.3. The van der Waals surface area contributed by atoms with Gasteiger partial charge in [0.1, 0.15) is 0 Å². The van der Waals surface area contributed by atoms with E-state index in [9.17, 15) is 14.4 Å². The lowest BCUT2D eigenvalue weighted by Gasteiger charge is -2.22. The van der Waals surface area contributed by atoms with E-state index < -0.39 is 11.9 Å². The minimum atomic E-state index is -1.22. The summed E-state index contributed by atoms with van der Waals surface area (Å²) in [7, 11) is 0. The second-order valence-corrected chi connectivity index (χ2v) is 6.27. The van der Waals surface area contributed by atoms with Crippen LogP contribution in [0.25, 0.3) is 10.9 Å². The van der Waals surface area contributed by atoms with Crippen LogP contribution in [-0.2, 0) is 9.59 Å². The molecule has 0 radical (unpaired) electrons. The molecule has 3 atom stereocenters. The van der Waals surface area contributed by atoms with Crippen molar-refractivity contribution in [3.63, 3.8) is 0 Å². The van der Waals surface area contributed by atoms with Crippen molar-refractivity contribution in [2.75, 3.05) is 0 Å². The van der Waals surface area contributed by atoms with E-state index in [-0.39, 0.29) is 24.0 Å². The first kappa shape index (κ1) is 17.5. The standard InChI is InChI=1S/C18H19N3O5/c1-9(17-10(2)20-18(25)21-17)11-3-4-13-12(7-11)14(8-19-13)26-16(24)6-5-15(22)23/h3-10,17,19H,1-2H3,(H,22,23)(H2,20,21,25)/b6-5-. The molecular weight excluding hydrogens is 338 g/mol. The van der Waals surface area contributed by atoms with Crippen LogP contribution < -0.4 is 15.4 Å². The van der Waals surface area contributed by atoms with E-state index in [1.165, 1.54) is 0 Å². The van der Waals surface area contributed by atoms with Gasteiger partial charge < -0.3 is 25.5 Å². The molecule has 3 unspecified atom stereocenters. The van der Waals surface area contributed by atoms with Crippen LogP contribution in [0.1, 0.15) is 25.3 Å². The lowest BCUT2D eigenvalue weighted by molar-refractivity contribution is -0.133. The molecule has 8 heteroatoms. The molecule has 26 heavy (non-hydrogen) atoms. The van der Waals surface area contributed by atoms with Gasteiger partial charge in [0.25, 0.3) is 0 Å². The minimum Gasteiger partial charge on any atom is -0.478 e. The summed E-state index contributed by atoms with van der Waals surface area (Å²) in [5.41, 5.74) is 1.77. The Kier molecular flexibility index (Phi) is 4.66. The fourth-order valence-electron chi connectivity index (χ4n) is 3.14. The number of aromatic amines is 1. The largest absolute Gasteiger partial charge is 0.478 e. The van der Waals surface area contributed by atoms with E-state index in [0.29, 0.717) is 11.1 Å². The molecule has 2 amide bonds. The van der Waals surface area contributed by atoms with Crippen molar-refractivity contribution < 1.29 is 24.2 Å². The Balaban J connectivity index is 1.85. The van der Waals surface area contributed by atoms with Gasteiger partial charge in [-0.25, -0.2) is 14.4 Å². The summed E-state index contributed by atoms with van der Waals surface area (Å²) in [6, 6.07) is 5.49. The number of carbonyl (C=O) groups is 3. The Morgan fingerprint density at radius 3 is 2.69 bits per heavy atom. The second-order valence-electron chi connectivity index (χ2n) is 6.27. The van der Waals surface area contributed by atoms with Gasteiger partial charge in [-0.2, -0.15) is 0 Å². The van der Waals surface area contributed by atoms with Crippen molar-refractivity contribution in [3.05, 3.63) is 42.1 Å². The first-order chi connectivity index (χ1) is 12.3. The molecule has 1 aliphatic heterocycles. The molecule has 0 aliphatic carbocycles. The highest BCUT2D eigenvalue weighted by atomic mass is 16.5. The number of nitrogens with one attached hydrogen (secondary N) is 3. The van der Waals surface area contributed by atoms with Crippen molar-refractivity contribution in [2.24, 2.45) is 0 Å². The molecule has 8 nitrogen and oxygen atoms in total. The number of carboxylic acid groups (broad SMARTS) is 1. The van der Waals surface area contributed by atoms with Gasteiger partial charge in [0, 0.05) is 41.2 Å². The number of hydrogen-bond donors (Lipinski definition) is 4. The van der Waals surface area contributed by atoms with Crippen LogP contribution >= 0.6 is 0 Å². The van der Waals surface area contributed by atoms with Crippen LogP contribution in [0.3, 0.4) is 0 Å². The number of carboxylic acids is 1. The molecule has 1 fully saturated rings. The summed E-state index contributed by atoms with van der Waals surface area (Å²) in [5.74, 6) is -1.64. The maximum Gasteiger partial charge on any atom is 0.336 e. The quantitative estimate of drug-likeness (QED) is 0.481. The van der Waals surface area contributed by atoms with Crippen molar-refractivity contribution in [1.82, 2.24) is 15.6 Å². The molecule has 0 saturated carbocycles. The topological polar surface area (TPSA) is 121 Å². The second kappa shape index (κ2) is 6.91. The Morgan fingerprint density at radius 2 is 2.04 bits per heavy atom. The Hall–Kier alpha value is -3.29. The molecule has 0 spiro atoms. The van der Waals surface area contributed by atoms with Crippen LogP contribution in [-0.4, -0.2) is 40.1 Å². The number of H-pyrrole nitrogens is 1. The monoisotopic (exact) mass is 357 g/mol. The van der Waals surface area contributed by atoms with Crippen LogP contribution in [0.15, 0.2) is 36.5 Å². The molecule has 1 saturated heterocycles. The van der Waals surface area contributed by atoms with Crippen LogP contribution in [0.2, 0.25) is 0 Å². The summed E-state index contributed by atoms with van der Waals surface area (Å²) in [6.07, 6.45) is 3.13. The molecule has 2 aromatic rings. The van der Waals surface area contributed by atoms with E-state index in [1.807, 2.05) is 32.0 Å². The number of esters is 1. The van der Waals surface area contributed by atoms with Crippen LogP contribution in [0.4, 0.5) is 4.79 Å². The maximum atomic E-state index is 11.7. The van der Waals surface area contributed by atoms with E-state index >= 15 is 0 Å². The summed E-state index contributed by atoms with van der Waals surface area (Å²) >= 11 is 0. The fourth-order valence-corrected chi connectivity index (χ4v) is 3.14.